The monoisotopic (exact) mass is 389 g/mol. The molecule has 0 radical (unpaired) electrons. The second-order valence-electron chi connectivity index (χ2n) is 5.41. The molecule has 6 nitrogen and oxygen atoms in total. The van der Waals surface area contributed by atoms with Crippen LogP contribution in [0.15, 0.2) is 46.9 Å². The number of benzene rings is 2. The van der Waals surface area contributed by atoms with Crippen molar-refractivity contribution < 1.29 is 14.3 Å². The Labute approximate surface area is 147 Å². The lowest BCUT2D eigenvalue weighted by Crippen LogP contribution is -2.32. The molecule has 0 aromatic heterocycles. The first-order valence-electron chi connectivity index (χ1n) is 7.41. The molecule has 1 aliphatic heterocycles. The molecule has 0 fully saturated rings. The highest BCUT2D eigenvalue weighted by Gasteiger charge is 2.18. The fourth-order valence-electron chi connectivity index (χ4n) is 2.26. The first-order chi connectivity index (χ1) is 11.5. The minimum absolute atomic E-state index is 0.00391. The number of carbonyl (C=O) groups is 2. The second kappa shape index (κ2) is 6.92. The largest absolute Gasteiger partial charge is 0.482 e. The molecule has 1 atom stereocenters. The Hall–Kier alpha value is -2.54. The highest BCUT2D eigenvalue weighted by atomic mass is 79.9. The van der Waals surface area contributed by atoms with Crippen molar-refractivity contribution in [1.29, 1.82) is 0 Å². The van der Waals surface area contributed by atoms with Crippen LogP contribution in [-0.4, -0.2) is 24.5 Å². The minimum atomic E-state index is -0.440. The Kier molecular flexibility index (Phi) is 4.71. The van der Waals surface area contributed by atoms with Crippen LogP contribution in [0.1, 0.15) is 6.92 Å². The molecule has 0 saturated heterocycles. The highest BCUT2D eigenvalue weighted by molar-refractivity contribution is 9.10. The topological polar surface area (TPSA) is 79.5 Å². The van der Waals surface area contributed by atoms with E-state index in [1.54, 1.807) is 25.1 Å². The van der Waals surface area contributed by atoms with Crippen molar-refractivity contribution in [3.8, 4) is 5.75 Å². The molecule has 3 N–H and O–H groups in total. The molecule has 1 unspecified atom stereocenters. The van der Waals surface area contributed by atoms with Gasteiger partial charge in [0.15, 0.2) is 6.61 Å². The molecular weight excluding hydrogens is 374 g/mol. The van der Waals surface area contributed by atoms with Crippen LogP contribution < -0.4 is 20.7 Å². The van der Waals surface area contributed by atoms with Gasteiger partial charge >= 0.3 is 0 Å². The third-order valence-electron chi connectivity index (χ3n) is 3.50. The molecule has 0 saturated carbocycles. The van der Waals surface area contributed by atoms with E-state index in [1.165, 1.54) is 0 Å². The number of nitrogens with one attached hydrogen (secondary N) is 3. The van der Waals surface area contributed by atoms with Crippen molar-refractivity contribution in [2.24, 2.45) is 0 Å². The lowest BCUT2D eigenvalue weighted by Gasteiger charge is -2.20. The van der Waals surface area contributed by atoms with Gasteiger partial charge in [-0.25, -0.2) is 0 Å². The Morgan fingerprint density at radius 2 is 1.92 bits per heavy atom. The van der Waals surface area contributed by atoms with Crippen LogP contribution >= 0.6 is 15.9 Å². The summed E-state index contributed by atoms with van der Waals surface area (Å²) in [7, 11) is 0. The van der Waals surface area contributed by atoms with Gasteiger partial charge in [-0.3, -0.25) is 9.59 Å². The van der Waals surface area contributed by atoms with Crippen LogP contribution in [0.3, 0.4) is 0 Å². The quantitative estimate of drug-likeness (QED) is 0.749. The summed E-state index contributed by atoms with van der Waals surface area (Å²) in [6.07, 6.45) is 0. The van der Waals surface area contributed by atoms with E-state index in [2.05, 4.69) is 31.9 Å². The lowest BCUT2D eigenvalue weighted by atomic mass is 10.2. The maximum atomic E-state index is 12.3. The van der Waals surface area contributed by atoms with E-state index >= 15 is 0 Å². The van der Waals surface area contributed by atoms with Gasteiger partial charge in [-0.1, -0.05) is 15.9 Å². The number of anilines is 3. The Balaban J connectivity index is 1.63. The third kappa shape index (κ3) is 3.86. The molecule has 2 aromatic rings. The summed E-state index contributed by atoms with van der Waals surface area (Å²) >= 11 is 3.36. The molecule has 0 spiro atoms. The van der Waals surface area contributed by atoms with E-state index in [1.807, 2.05) is 24.3 Å². The Bertz CT molecular complexity index is 777. The van der Waals surface area contributed by atoms with Crippen molar-refractivity contribution in [3.05, 3.63) is 46.9 Å². The van der Waals surface area contributed by atoms with Crippen molar-refractivity contribution in [3.63, 3.8) is 0 Å². The number of halogens is 1. The molecule has 2 amide bonds. The SMILES string of the molecule is CC(Nc1ccc2c(c1)OCC(=O)N2)C(=O)Nc1ccc(Br)cc1. The molecular formula is C17H16BrN3O3. The highest BCUT2D eigenvalue weighted by Crippen LogP contribution is 2.30. The predicted molar refractivity (Wildman–Crippen MR) is 96.4 cm³/mol. The van der Waals surface area contributed by atoms with E-state index in [9.17, 15) is 9.59 Å². The number of rotatable bonds is 4. The van der Waals surface area contributed by atoms with Gasteiger partial charge in [-0.05, 0) is 43.3 Å². The van der Waals surface area contributed by atoms with Gasteiger partial charge in [-0.15, -0.1) is 0 Å². The number of hydrogen-bond acceptors (Lipinski definition) is 4. The summed E-state index contributed by atoms with van der Waals surface area (Å²) in [5.41, 5.74) is 2.10. The molecule has 0 bridgehead atoms. The van der Waals surface area contributed by atoms with Gasteiger partial charge in [0.05, 0.1) is 5.69 Å². The van der Waals surface area contributed by atoms with Gasteiger partial charge in [0, 0.05) is 21.9 Å². The van der Waals surface area contributed by atoms with Crippen molar-refractivity contribution in [1.82, 2.24) is 0 Å². The van der Waals surface area contributed by atoms with E-state index in [4.69, 9.17) is 4.74 Å². The van der Waals surface area contributed by atoms with Gasteiger partial charge in [0.1, 0.15) is 11.8 Å². The zero-order valence-electron chi connectivity index (χ0n) is 12.9. The van der Waals surface area contributed by atoms with Crippen molar-refractivity contribution in [2.75, 3.05) is 22.6 Å². The summed E-state index contributed by atoms with van der Waals surface area (Å²) in [5.74, 6) is 0.259. The molecule has 1 heterocycles. The number of hydrogen-bond donors (Lipinski definition) is 3. The summed E-state index contributed by atoms with van der Waals surface area (Å²) in [5, 5.41) is 8.69. The third-order valence-corrected chi connectivity index (χ3v) is 4.03. The average Bonchev–Trinajstić information content (AvgIpc) is 2.57. The van der Waals surface area contributed by atoms with E-state index in [0.29, 0.717) is 11.4 Å². The smallest absolute Gasteiger partial charge is 0.262 e. The van der Waals surface area contributed by atoms with Crippen LogP contribution in [0.4, 0.5) is 17.1 Å². The average molecular weight is 390 g/mol. The van der Waals surface area contributed by atoms with Gasteiger partial charge < -0.3 is 20.7 Å². The minimum Gasteiger partial charge on any atom is -0.482 e. The molecule has 7 heteroatoms. The summed E-state index contributed by atoms with van der Waals surface area (Å²) < 4.78 is 6.32. The predicted octanol–water partition coefficient (Wildman–Crippen LogP) is 3.22. The molecule has 3 rings (SSSR count). The maximum Gasteiger partial charge on any atom is 0.262 e. The normalized spacial score (nSPS) is 14.0. The van der Waals surface area contributed by atoms with Crippen molar-refractivity contribution >= 4 is 44.8 Å². The zero-order chi connectivity index (χ0) is 17.1. The first-order valence-corrected chi connectivity index (χ1v) is 8.20. The first kappa shape index (κ1) is 16.3. The van der Waals surface area contributed by atoms with Gasteiger partial charge in [0.25, 0.3) is 5.91 Å². The molecule has 24 heavy (non-hydrogen) atoms. The Morgan fingerprint density at radius 1 is 1.21 bits per heavy atom. The number of carbonyl (C=O) groups excluding carboxylic acids is 2. The summed E-state index contributed by atoms with van der Waals surface area (Å²) in [4.78, 5) is 23.5. The molecule has 2 aromatic carbocycles. The van der Waals surface area contributed by atoms with Crippen LogP contribution in [-0.2, 0) is 9.59 Å². The number of amides is 2. The van der Waals surface area contributed by atoms with Crippen LogP contribution in [0.5, 0.6) is 5.75 Å². The fraction of sp³-hybridized carbons (Fsp3) is 0.176. The molecule has 1 aliphatic rings. The standard InChI is InChI=1S/C17H16BrN3O3/c1-10(17(23)20-12-4-2-11(18)3-5-12)19-13-6-7-14-15(8-13)24-9-16(22)21-14/h2-8,10,19H,9H2,1H3,(H,20,23)(H,21,22). The summed E-state index contributed by atoms with van der Waals surface area (Å²) in [6.45, 7) is 1.77. The zero-order valence-corrected chi connectivity index (χ0v) is 14.5. The van der Waals surface area contributed by atoms with Gasteiger partial charge in [-0.2, -0.15) is 0 Å². The molecule has 0 aliphatic carbocycles. The van der Waals surface area contributed by atoms with Gasteiger partial charge in [0.2, 0.25) is 5.91 Å². The van der Waals surface area contributed by atoms with Crippen LogP contribution in [0.25, 0.3) is 0 Å². The van der Waals surface area contributed by atoms with Crippen molar-refractivity contribution in [2.45, 2.75) is 13.0 Å². The summed E-state index contributed by atoms with van der Waals surface area (Å²) in [6, 6.07) is 12.2. The fourth-order valence-corrected chi connectivity index (χ4v) is 2.53. The second-order valence-corrected chi connectivity index (χ2v) is 6.33. The van der Waals surface area contributed by atoms with Crippen LogP contribution in [0, 0.1) is 0 Å². The maximum absolute atomic E-state index is 12.3. The lowest BCUT2D eigenvalue weighted by molar-refractivity contribution is -0.118. The Morgan fingerprint density at radius 3 is 2.67 bits per heavy atom. The number of fused-ring (bicyclic) bond motifs is 1. The van der Waals surface area contributed by atoms with E-state index < -0.39 is 6.04 Å². The molecule has 124 valence electrons. The van der Waals surface area contributed by atoms with E-state index in [0.717, 1.165) is 15.8 Å². The van der Waals surface area contributed by atoms with Crippen LogP contribution in [0.2, 0.25) is 0 Å². The van der Waals surface area contributed by atoms with E-state index in [-0.39, 0.29) is 18.4 Å². The number of ether oxygens (including phenoxy) is 1.